The normalized spacial score (nSPS) is 10.7. The predicted molar refractivity (Wildman–Crippen MR) is 60.5 cm³/mol. The van der Waals surface area contributed by atoms with Crippen molar-refractivity contribution >= 4 is 5.97 Å². The lowest BCUT2D eigenvalue weighted by Gasteiger charge is -2.03. The maximum atomic E-state index is 10.5. The largest absolute Gasteiger partial charge is 0.342 e. The summed E-state index contributed by atoms with van der Waals surface area (Å²) in [6, 6.07) is 0. The summed E-state index contributed by atoms with van der Waals surface area (Å²) in [4.78, 5) is 14.1. The molecule has 0 amide bonds. The van der Waals surface area contributed by atoms with Gasteiger partial charge in [-0.1, -0.05) is 52.4 Å². The van der Waals surface area contributed by atoms with E-state index in [1.165, 1.54) is 32.1 Å². The second-order valence-corrected chi connectivity index (χ2v) is 4.52. The summed E-state index contributed by atoms with van der Waals surface area (Å²) in [7, 11) is 0. The van der Waals surface area contributed by atoms with Gasteiger partial charge in [0.05, 0.1) is 0 Å². The van der Waals surface area contributed by atoms with Gasteiger partial charge in [-0.2, -0.15) is 5.26 Å². The van der Waals surface area contributed by atoms with Crippen molar-refractivity contribution in [3.8, 4) is 0 Å². The zero-order valence-electron chi connectivity index (χ0n) is 10.00. The average molecular weight is 216 g/mol. The van der Waals surface area contributed by atoms with Gasteiger partial charge in [-0.15, -0.1) is 0 Å². The second kappa shape index (κ2) is 9.97. The quantitative estimate of drug-likeness (QED) is 0.362. The van der Waals surface area contributed by atoms with Crippen molar-refractivity contribution in [3.63, 3.8) is 0 Å². The molecule has 0 aromatic rings. The first-order valence-corrected chi connectivity index (χ1v) is 6.01. The number of hydrogen-bond acceptors (Lipinski definition) is 3. The Balaban J connectivity index is 3.02. The molecule has 0 saturated carbocycles. The minimum atomic E-state index is -0.519. The molecule has 3 heteroatoms. The topological polar surface area (TPSA) is 46.5 Å². The molecule has 0 aromatic heterocycles. The van der Waals surface area contributed by atoms with E-state index >= 15 is 0 Å². The van der Waals surface area contributed by atoms with Crippen LogP contribution in [0.2, 0.25) is 0 Å². The molecule has 0 aliphatic rings. The summed E-state index contributed by atoms with van der Waals surface area (Å²) < 4.78 is 0. The Kier molecular flexibility index (Phi) is 9.59. The van der Waals surface area contributed by atoms with Gasteiger partial charge in [-0.05, 0) is 12.3 Å². The molecule has 0 aliphatic carbocycles. The lowest BCUT2D eigenvalue weighted by Crippen LogP contribution is -1.99. The molecule has 0 saturated heterocycles. The molecule has 0 bridgehead atoms. The highest BCUT2D eigenvalue weighted by Gasteiger charge is 2.00. The highest BCUT2D eigenvalue weighted by atomic mass is 17.1. The molecule has 1 N–H and O–H groups in total. The summed E-state index contributed by atoms with van der Waals surface area (Å²) in [5.74, 6) is 0.291. The molecule has 0 radical (unpaired) electrons. The zero-order valence-corrected chi connectivity index (χ0v) is 10.00. The standard InChI is InChI=1S/C12H24O3/c1-11(2)9-7-5-3-4-6-8-10-12(13)15-14/h11,14H,3-10H2,1-2H3. The minimum absolute atomic E-state index is 0.336. The number of rotatable bonds is 9. The summed E-state index contributed by atoms with van der Waals surface area (Å²) in [5, 5.41) is 8.01. The molecular weight excluding hydrogens is 192 g/mol. The van der Waals surface area contributed by atoms with Crippen LogP contribution in [0.15, 0.2) is 0 Å². The van der Waals surface area contributed by atoms with Gasteiger partial charge in [0.15, 0.2) is 0 Å². The predicted octanol–water partition coefficient (Wildman–Crippen LogP) is 3.78. The molecule has 0 fully saturated rings. The third-order valence-corrected chi connectivity index (χ3v) is 2.51. The van der Waals surface area contributed by atoms with E-state index in [9.17, 15) is 4.79 Å². The van der Waals surface area contributed by atoms with E-state index in [-0.39, 0.29) is 0 Å². The minimum Gasteiger partial charge on any atom is -0.301 e. The zero-order chi connectivity index (χ0) is 11.5. The van der Waals surface area contributed by atoms with Crippen LogP contribution in [0.25, 0.3) is 0 Å². The van der Waals surface area contributed by atoms with Crippen molar-refractivity contribution in [1.29, 1.82) is 0 Å². The smallest absolute Gasteiger partial charge is 0.301 e. The number of hydrogen-bond donors (Lipinski definition) is 1. The summed E-state index contributed by atoms with van der Waals surface area (Å²) in [5.41, 5.74) is 0. The van der Waals surface area contributed by atoms with E-state index in [0.717, 1.165) is 18.8 Å². The van der Waals surface area contributed by atoms with Crippen LogP contribution in [0.5, 0.6) is 0 Å². The molecule has 15 heavy (non-hydrogen) atoms. The maximum Gasteiger partial charge on any atom is 0.342 e. The molecular formula is C12H24O3. The molecule has 3 nitrogen and oxygen atoms in total. The van der Waals surface area contributed by atoms with Crippen molar-refractivity contribution in [2.75, 3.05) is 0 Å². The number of carbonyl (C=O) groups is 1. The van der Waals surface area contributed by atoms with Gasteiger partial charge in [0, 0.05) is 6.42 Å². The molecule has 0 rings (SSSR count). The van der Waals surface area contributed by atoms with E-state index in [0.29, 0.717) is 6.42 Å². The first-order valence-electron chi connectivity index (χ1n) is 6.01. The molecule has 0 atom stereocenters. The Morgan fingerprint density at radius 3 is 2.13 bits per heavy atom. The summed E-state index contributed by atoms with van der Waals surface area (Å²) >= 11 is 0. The summed E-state index contributed by atoms with van der Waals surface area (Å²) in [6.07, 6.45) is 8.57. The van der Waals surface area contributed by atoms with E-state index in [1.807, 2.05) is 0 Å². The SMILES string of the molecule is CC(C)CCCCCCCCC(=O)OO. The van der Waals surface area contributed by atoms with Crippen molar-refractivity contribution in [3.05, 3.63) is 0 Å². The van der Waals surface area contributed by atoms with Gasteiger partial charge in [0.2, 0.25) is 0 Å². The Morgan fingerprint density at radius 1 is 1.07 bits per heavy atom. The van der Waals surface area contributed by atoms with E-state index in [2.05, 4.69) is 18.7 Å². The Hall–Kier alpha value is -0.570. The maximum absolute atomic E-state index is 10.5. The van der Waals surface area contributed by atoms with E-state index in [4.69, 9.17) is 5.26 Å². The summed E-state index contributed by atoms with van der Waals surface area (Å²) in [6.45, 7) is 4.50. The second-order valence-electron chi connectivity index (χ2n) is 4.52. The van der Waals surface area contributed by atoms with Gasteiger partial charge >= 0.3 is 5.97 Å². The fourth-order valence-corrected chi connectivity index (χ4v) is 1.57. The van der Waals surface area contributed by atoms with Gasteiger partial charge < -0.3 is 4.89 Å². The van der Waals surface area contributed by atoms with Crippen LogP contribution >= 0.6 is 0 Å². The Labute approximate surface area is 92.8 Å². The Bertz CT molecular complexity index is 155. The monoisotopic (exact) mass is 216 g/mol. The first kappa shape index (κ1) is 14.4. The van der Waals surface area contributed by atoms with Crippen LogP contribution in [0.4, 0.5) is 0 Å². The van der Waals surface area contributed by atoms with Crippen LogP contribution in [0, 0.1) is 5.92 Å². The van der Waals surface area contributed by atoms with Crippen LogP contribution < -0.4 is 0 Å². The number of unbranched alkanes of at least 4 members (excludes halogenated alkanes) is 5. The van der Waals surface area contributed by atoms with Gasteiger partial charge in [0.25, 0.3) is 0 Å². The Morgan fingerprint density at radius 2 is 1.60 bits per heavy atom. The molecule has 0 heterocycles. The fourth-order valence-electron chi connectivity index (χ4n) is 1.57. The lowest BCUT2D eigenvalue weighted by atomic mass is 10.0. The van der Waals surface area contributed by atoms with Crippen molar-refractivity contribution in [2.45, 2.75) is 65.2 Å². The average Bonchev–Trinajstić information content (AvgIpc) is 2.21. The highest BCUT2D eigenvalue weighted by Crippen LogP contribution is 2.11. The molecule has 0 unspecified atom stereocenters. The van der Waals surface area contributed by atoms with Gasteiger partial charge in [-0.25, -0.2) is 4.79 Å². The van der Waals surface area contributed by atoms with Crippen LogP contribution in [0.1, 0.15) is 65.2 Å². The molecule has 0 aromatic carbocycles. The molecule has 90 valence electrons. The lowest BCUT2D eigenvalue weighted by molar-refractivity contribution is -0.234. The van der Waals surface area contributed by atoms with Crippen molar-refractivity contribution in [1.82, 2.24) is 0 Å². The molecule has 0 spiro atoms. The number of carbonyl (C=O) groups excluding carboxylic acids is 1. The van der Waals surface area contributed by atoms with Crippen molar-refractivity contribution in [2.24, 2.45) is 5.92 Å². The van der Waals surface area contributed by atoms with Crippen LogP contribution in [-0.4, -0.2) is 11.2 Å². The fraction of sp³-hybridized carbons (Fsp3) is 0.917. The van der Waals surface area contributed by atoms with E-state index in [1.54, 1.807) is 0 Å². The van der Waals surface area contributed by atoms with Crippen LogP contribution in [0.3, 0.4) is 0 Å². The van der Waals surface area contributed by atoms with Gasteiger partial charge in [-0.3, -0.25) is 0 Å². The van der Waals surface area contributed by atoms with Gasteiger partial charge in [0.1, 0.15) is 0 Å². The highest BCUT2D eigenvalue weighted by molar-refractivity contribution is 5.68. The van der Waals surface area contributed by atoms with Crippen LogP contribution in [-0.2, 0) is 9.68 Å². The molecule has 0 aliphatic heterocycles. The first-order chi connectivity index (χ1) is 7.16. The van der Waals surface area contributed by atoms with E-state index < -0.39 is 5.97 Å². The third kappa shape index (κ3) is 11.4. The third-order valence-electron chi connectivity index (χ3n) is 2.51. The van der Waals surface area contributed by atoms with Crippen molar-refractivity contribution < 1.29 is 14.9 Å².